The van der Waals surface area contributed by atoms with Crippen molar-refractivity contribution in [2.24, 2.45) is 0 Å². The van der Waals surface area contributed by atoms with E-state index < -0.39 is 0 Å². The number of nitrogens with zero attached hydrogens (tertiary/aromatic N) is 1. The van der Waals surface area contributed by atoms with Crippen LogP contribution in [0.5, 0.6) is 11.5 Å². The Labute approximate surface area is 179 Å². The number of nitrogens with one attached hydrogen (secondary N) is 2. The summed E-state index contributed by atoms with van der Waals surface area (Å²) in [7, 11) is 3.31. The van der Waals surface area contributed by atoms with E-state index in [1.54, 1.807) is 14.2 Å². The molecule has 2 amide bonds. The third kappa shape index (κ3) is 5.25. The normalized spacial score (nSPS) is 16.1. The molecule has 30 heavy (non-hydrogen) atoms. The van der Waals surface area contributed by atoms with Gasteiger partial charge in [0.25, 0.3) is 0 Å². The van der Waals surface area contributed by atoms with Crippen molar-refractivity contribution < 1.29 is 14.3 Å². The number of urea groups is 1. The average molecular weight is 412 g/mol. The van der Waals surface area contributed by atoms with Gasteiger partial charge in [0.15, 0.2) is 11.5 Å². The fraction of sp³-hybridized carbons (Fsp3) is 0.458. The van der Waals surface area contributed by atoms with Crippen LogP contribution >= 0.6 is 0 Å². The first-order chi connectivity index (χ1) is 14.4. The molecule has 0 aliphatic carbocycles. The number of hydrogen-bond donors (Lipinski definition) is 2. The van der Waals surface area contributed by atoms with Gasteiger partial charge >= 0.3 is 6.03 Å². The van der Waals surface area contributed by atoms with Crippen molar-refractivity contribution in [1.82, 2.24) is 15.5 Å². The molecular weight excluding hydrogens is 378 g/mol. The Morgan fingerprint density at radius 3 is 2.43 bits per heavy atom. The zero-order valence-corrected chi connectivity index (χ0v) is 18.6. The van der Waals surface area contributed by atoms with Crippen molar-refractivity contribution >= 4 is 6.03 Å². The number of fused-ring (bicyclic) bond motifs is 1. The molecule has 0 saturated heterocycles. The standard InChI is InChI=1S/C24H33N3O3/c1-16(2)26-24(28)25-14-21-20-13-23(30-5)22(29-4)12-19(20)10-11-27(21)15-18-8-6-17(3)7-9-18/h6-9,12-13,16,21H,10-11,14-15H2,1-5H3,(H2,25,26,28)/t21-/m0/s1. The van der Waals surface area contributed by atoms with Crippen molar-refractivity contribution in [3.63, 3.8) is 0 Å². The fourth-order valence-corrected chi connectivity index (χ4v) is 3.94. The molecule has 2 N–H and O–H groups in total. The van der Waals surface area contributed by atoms with E-state index in [-0.39, 0.29) is 18.1 Å². The Morgan fingerprint density at radius 1 is 1.13 bits per heavy atom. The van der Waals surface area contributed by atoms with Crippen LogP contribution in [-0.4, -0.2) is 44.3 Å². The SMILES string of the molecule is COc1cc2c(cc1OC)[C@H](CNC(=O)NC(C)C)N(Cc1ccc(C)cc1)CC2. The van der Waals surface area contributed by atoms with Crippen molar-refractivity contribution in [2.45, 2.75) is 45.8 Å². The summed E-state index contributed by atoms with van der Waals surface area (Å²) in [5, 5.41) is 5.96. The van der Waals surface area contributed by atoms with E-state index in [0.29, 0.717) is 12.3 Å². The maximum atomic E-state index is 12.2. The number of rotatable bonds is 7. The second-order valence-electron chi connectivity index (χ2n) is 8.14. The molecule has 162 valence electrons. The number of methoxy groups -OCH3 is 2. The van der Waals surface area contributed by atoms with Gasteiger partial charge < -0.3 is 20.1 Å². The molecule has 0 bridgehead atoms. The Hall–Kier alpha value is -2.73. The minimum Gasteiger partial charge on any atom is -0.493 e. The highest BCUT2D eigenvalue weighted by atomic mass is 16.5. The van der Waals surface area contributed by atoms with E-state index in [1.807, 2.05) is 13.8 Å². The van der Waals surface area contributed by atoms with Gasteiger partial charge in [-0.1, -0.05) is 29.8 Å². The Balaban J connectivity index is 1.88. The first-order valence-corrected chi connectivity index (χ1v) is 10.5. The van der Waals surface area contributed by atoms with Crippen molar-refractivity contribution in [3.8, 4) is 11.5 Å². The summed E-state index contributed by atoms with van der Waals surface area (Å²) in [4.78, 5) is 14.7. The van der Waals surface area contributed by atoms with E-state index in [0.717, 1.165) is 25.3 Å². The lowest BCUT2D eigenvalue weighted by Gasteiger charge is -2.38. The van der Waals surface area contributed by atoms with Crippen LogP contribution in [0.15, 0.2) is 36.4 Å². The molecule has 2 aromatic rings. The molecule has 0 radical (unpaired) electrons. The summed E-state index contributed by atoms with van der Waals surface area (Å²) in [6, 6.07) is 12.8. The van der Waals surface area contributed by atoms with E-state index >= 15 is 0 Å². The number of carbonyl (C=O) groups is 1. The number of ether oxygens (including phenoxy) is 2. The largest absolute Gasteiger partial charge is 0.493 e. The molecule has 0 unspecified atom stereocenters. The second-order valence-corrected chi connectivity index (χ2v) is 8.14. The minimum absolute atomic E-state index is 0.0489. The Morgan fingerprint density at radius 2 is 1.80 bits per heavy atom. The van der Waals surface area contributed by atoms with Gasteiger partial charge in [0, 0.05) is 25.7 Å². The Bertz CT molecular complexity index is 865. The summed E-state index contributed by atoms with van der Waals surface area (Å²) >= 11 is 0. The Kier molecular flexibility index (Phi) is 7.21. The second kappa shape index (κ2) is 9.85. The predicted octanol–water partition coefficient (Wildman–Crippen LogP) is 3.82. The van der Waals surface area contributed by atoms with Crippen LogP contribution in [0.2, 0.25) is 0 Å². The maximum absolute atomic E-state index is 12.2. The molecule has 3 rings (SSSR count). The van der Waals surface area contributed by atoms with Gasteiger partial charge in [-0.3, -0.25) is 4.90 Å². The highest BCUT2D eigenvalue weighted by molar-refractivity contribution is 5.74. The molecule has 0 saturated carbocycles. The quantitative estimate of drug-likeness (QED) is 0.727. The topological polar surface area (TPSA) is 62.8 Å². The summed E-state index contributed by atoms with van der Waals surface area (Å²) in [5.74, 6) is 1.46. The third-order valence-corrected chi connectivity index (χ3v) is 5.50. The van der Waals surface area contributed by atoms with Gasteiger partial charge in [-0.15, -0.1) is 0 Å². The van der Waals surface area contributed by atoms with Crippen molar-refractivity contribution in [2.75, 3.05) is 27.3 Å². The third-order valence-electron chi connectivity index (χ3n) is 5.50. The molecule has 0 aromatic heterocycles. The van der Waals surface area contributed by atoms with Gasteiger partial charge in [-0.05, 0) is 56.0 Å². The van der Waals surface area contributed by atoms with Crippen LogP contribution in [0.4, 0.5) is 4.79 Å². The lowest BCUT2D eigenvalue weighted by atomic mass is 9.91. The number of carbonyl (C=O) groups excluding carboxylic acids is 1. The maximum Gasteiger partial charge on any atom is 0.315 e. The smallest absolute Gasteiger partial charge is 0.315 e. The highest BCUT2D eigenvalue weighted by Gasteiger charge is 2.29. The molecular formula is C24H33N3O3. The van der Waals surface area contributed by atoms with Gasteiger partial charge in [-0.25, -0.2) is 4.79 Å². The molecule has 2 aromatic carbocycles. The molecule has 1 heterocycles. The van der Waals surface area contributed by atoms with Gasteiger partial charge in [0.05, 0.1) is 20.3 Å². The van der Waals surface area contributed by atoms with Gasteiger partial charge in [-0.2, -0.15) is 0 Å². The fourth-order valence-electron chi connectivity index (χ4n) is 3.94. The molecule has 1 aliphatic heterocycles. The lowest BCUT2D eigenvalue weighted by molar-refractivity contribution is 0.170. The van der Waals surface area contributed by atoms with E-state index in [1.165, 1.54) is 22.3 Å². The zero-order chi connectivity index (χ0) is 21.7. The van der Waals surface area contributed by atoms with Crippen LogP contribution < -0.4 is 20.1 Å². The summed E-state index contributed by atoms with van der Waals surface area (Å²) in [5.41, 5.74) is 4.93. The summed E-state index contributed by atoms with van der Waals surface area (Å²) in [6.45, 7) is 8.26. The number of hydrogen-bond acceptors (Lipinski definition) is 4. The highest BCUT2D eigenvalue weighted by Crippen LogP contribution is 2.38. The van der Waals surface area contributed by atoms with E-state index in [4.69, 9.17) is 9.47 Å². The molecule has 6 heteroatoms. The van der Waals surface area contributed by atoms with Crippen molar-refractivity contribution in [3.05, 3.63) is 58.7 Å². The molecule has 1 atom stereocenters. The summed E-state index contributed by atoms with van der Waals surface area (Å²) in [6.07, 6.45) is 0.927. The van der Waals surface area contributed by atoms with Gasteiger partial charge in [0.1, 0.15) is 0 Å². The van der Waals surface area contributed by atoms with Gasteiger partial charge in [0.2, 0.25) is 0 Å². The number of aryl methyl sites for hydroxylation is 1. The average Bonchev–Trinajstić information content (AvgIpc) is 2.72. The van der Waals surface area contributed by atoms with Crippen LogP contribution in [-0.2, 0) is 13.0 Å². The monoisotopic (exact) mass is 411 g/mol. The minimum atomic E-state index is -0.145. The molecule has 0 fully saturated rings. The first kappa shape index (κ1) is 22.0. The molecule has 6 nitrogen and oxygen atoms in total. The zero-order valence-electron chi connectivity index (χ0n) is 18.6. The first-order valence-electron chi connectivity index (χ1n) is 10.5. The number of benzene rings is 2. The van der Waals surface area contributed by atoms with Crippen molar-refractivity contribution in [1.29, 1.82) is 0 Å². The molecule has 0 spiro atoms. The molecule has 1 aliphatic rings. The van der Waals surface area contributed by atoms with Crippen LogP contribution in [0, 0.1) is 6.92 Å². The van der Waals surface area contributed by atoms with Crippen LogP contribution in [0.3, 0.4) is 0 Å². The van der Waals surface area contributed by atoms with E-state index in [9.17, 15) is 4.79 Å². The van der Waals surface area contributed by atoms with E-state index in [2.05, 4.69) is 58.9 Å². The van der Waals surface area contributed by atoms with Crippen LogP contribution in [0.25, 0.3) is 0 Å². The lowest BCUT2D eigenvalue weighted by Crippen LogP contribution is -2.45. The number of amides is 2. The predicted molar refractivity (Wildman–Crippen MR) is 119 cm³/mol. The summed E-state index contributed by atoms with van der Waals surface area (Å²) < 4.78 is 11.0. The van der Waals surface area contributed by atoms with Crippen LogP contribution in [0.1, 0.15) is 42.1 Å².